The van der Waals surface area contributed by atoms with Crippen LogP contribution in [0.25, 0.3) is 0 Å². The van der Waals surface area contributed by atoms with Crippen molar-refractivity contribution in [3.05, 3.63) is 65.2 Å². The summed E-state index contributed by atoms with van der Waals surface area (Å²) < 4.78 is 26.3. The van der Waals surface area contributed by atoms with E-state index in [9.17, 15) is 8.78 Å². The number of rotatable bonds is 3. The molecule has 2 nitrogen and oxygen atoms in total. The van der Waals surface area contributed by atoms with Crippen molar-refractivity contribution >= 4 is 23.0 Å². The van der Waals surface area contributed by atoms with Crippen LogP contribution in [0.3, 0.4) is 0 Å². The van der Waals surface area contributed by atoms with Crippen LogP contribution < -0.4 is 10.6 Å². The molecule has 0 fully saturated rings. The Morgan fingerprint density at radius 1 is 1.10 bits per heavy atom. The zero-order valence-corrected chi connectivity index (χ0v) is 12.6. The Bertz CT molecular complexity index is 641. The molecule has 0 heterocycles. The summed E-state index contributed by atoms with van der Waals surface area (Å²) >= 11 is 5.20. The molecule has 0 amide bonds. The highest BCUT2D eigenvalue weighted by molar-refractivity contribution is 7.80. The summed E-state index contributed by atoms with van der Waals surface area (Å²) in [5, 5.41) is 6.39. The Hall–Kier alpha value is -2.01. The maximum absolute atomic E-state index is 13.5. The molecular weight excluding hydrogens is 290 g/mol. The van der Waals surface area contributed by atoms with E-state index in [0.717, 1.165) is 5.56 Å². The van der Waals surface area contributed by atoms with E-state index in [0.29, 0.717) is 16.4 Å². The van der Waals surface area contributed by atoms with Crippen molar-refractivity contribution in [1.82, 2.24) is 5.32 Å². The van der Waals surface area contributed by atoms with E-state index in [4.69, 9.17) is 12.2 Å². The van der Waals surface area contributed by atoms with E-state index >= 15 is 0 Å². The van der Waals surface area contributed by atoms with Gasteiger partial charge >= 0.3 is 0 Å². The topological polar surface area (TPSA) is 24.1 Å². The molecule has 0 bridgehead atoms. The van der Waals surface area contributed by atoms with Gasteiger partial charge in [-0.25, -0.2) is 8.78 Å². The lowest BCUT2D eigenvalue weighted by Crippen LogP contribution is -2.30. The van der Waals surface area contributed by atoms with Gasteiger partial charge in [-0.15, -0.1) is 0 Å². The third-order valence-electron chi connectivity index (χ3n) is 3.15. The third kappa shape index (κ3) is 4.23. The van der Waals surface area contributed by atoms with E-state index in [2.05, 4.69) is 10.6 Å². The number of aryl methyl sites for hydroxylation is 1. The van der Waals surface area contributed by atoms with Gasteiger partial charge in [0.1, 0.15) is 11.6 Å². The predicted octanol–water partition coefficient (Wildman–Crippen LogP) is 4.32. The van der Waals surface area contributed by atoms with Gasteiger partial charge in [0.2, 0.25) is 0 Å². The summed E-state index contributed by atoms with van der Waals surface area (Å²) in [5.74, 6) is -0.559. The van der Waals surface area contributed by atoms with E-state index in [1.54, 1.807) is 31.2 Å². The monoisotopic (exact) mass is 306 g/mol. The molecule has 21 heavy (non-hydrogen) atoms. The number of nitrogens with one attached hydrogen (secondary N) is 2. The van der Waals surface area contributed by atoms with Crippen LogP contribution in [0, 0.1) is 18.6 Å². The van der Waals surface area contributed by atoms with Crippen LogP contribution in [-0.2, 0) is 0 Å². The molecular formula is C16H16F2N2S. The Labute approximate surface area is 128 Å². The van der Waals surface area contributed by atoms with Gasteiger partial charge in [-0.05, 0) is 61.5 Å². The lowest BCUT2D eigenvalue weighted by molar-refractivity contribution is 0.619. The molecule has 0 aliphatic heterocycles. The summed E-state index contributed by atoms with van der Waals surface area (Å²) in [7, 11) is 0. The minimum absolute atomic E-state index is 0.0825. The second-order valence-electron chi connectivity index (χ2n) is 4.84. The molecule has 0 aromatic heterocycles. The van der Waals surface area contributed by atoms with Gasteiger partial charge in [-0.3, -0.25) is 0 Å². The van der Waals surface area contributed by atoms with Crippen LogP contribution in [-0.4, -0.2) is 5.11 Å². The van der Waals surface area contributed by atoms with E-state index in [-0.39, 0.29) is 17.7 Å². The number of hydrogen-bond donors (Lipinski definition) is 2. The van der Waals surface area contributed by atoms with Crippen LogP contribution in [0.2, 0.25) is 0 Å². The maximum atomic E-state index is 13.5. The molecule has 2 aromatic carbocycles. The molecule has 2 N–H and O–H groups in total. The Kier molecular flexibility index (Phi) is 4.85. The van der Waals surface area contributed by atoms with Gasteiger partial charge in [0.05, 0.1) is 6.04 Å². The van der Waals surface area contributed by atoms with Gasteiger partial charge in [0.15, 0.2) is 5.11 Å². The highest BCUT2D eigenvalue weighted by Crippen LogP contribution is 2.15. The summed E-state index contributed by atoms with van der Waals surface area (Å²) in [6.45, 7) is 3.61. The lowest BCUT2D eigenvalue weighted by atomic mass is 10.1. The highest BCUT2D eigenvalue weighted by atomic mass is 32.1. The molecule has 2 rings (SSSR count). The normalized spacial score (nSPS) is 11.8. The number of hydrogen-bond acceptors (Lipinski definition) is 1. The standard InChI is InChI=1S/C16H16F2N2S/c1-10-3-8-14(9-15(10)18)20-16(21)19-11(2)12-4-6-13(17)7-5-12/h3-9,11H,1-2H3,(H2,19,20,21)/t11-/m0/s1. The van der Waals surface area contributed by atoms with Gasteiger partial charge < -0.3 is 10.6 Å². The molecule has 0 unspecified atom stereocenters. The minimum atomic E-state index is -0.283. The first-order valence-electron chi connectivity index (χ1n) is 6.55. The first-order valence-corrected chi connectivity index (χ1v) is 6.95. The average molecular weight is 306 g/mol. The van der Waals surface area contributed by atoms with Crippen molar-refractivity contribution in [3.63, 3.8) is 0 Å². The van der Waals surface area contributed by atoms with Crippen molar-refractivity contribution in [1.29, 1.82) is 0 Å². The van der Waals surface area contributed by atoms with Gasteiger partial charge in [-0.1, -0.05) is 18.2 Å². The first kappa shape index (κ1) is 15.4. The van der Waals surface area contributed by atoms with Crippen molar-refractivity contribution in [2.45, 2.75) is 19.9 Å². The van der Waals surface area contributed by atoms with Crippen LogP contribution >= 0.6 is 12.2 Å². The summed E-state index contributed by atoms with van der Waals surface area (Å²) in [6, 6.07) is 11.0. The van der Waals surface area contributed by atoms with Gasteiger partial charge in [0.25, 0.3) is 0 Å². The summed E-state index contributed by atoms with van der Waals surface area (Å²) in [5.41, 5.74) is 2.08. The number of benzene rings is 2. The fourth-order valence-electron chi connectivity index (χ4n) is 1.87. The van der Waals surface area contributed by atoms with Crippen LogP contribution in [0.15, 0.2) is 42.5 Å². The molecule has 2 aromatic rings. The summed E-state index contributed by atoms with van der Waals surface area (Å²) in [4.78, 5) is 0. The second-order valence-corrected chi connectivity index (χ2v) is 5.24. The Balaban J connectivity index is 1.97. The van der Waals surface area contributed by atoms with Crippen LogP contribution in [0.4, 0.5) is 14.5 Å². The zero-order chi connectivity index (χ0) is 15.4. The van der Waals surface area contributed by atoms with Crippen molar-refractivity contribution in [3.8, 4) is 0 Å². The maximum Gasteiger partial charge on any atom is 0.171 e. The fourth-order valence-corrected chi connectivity index (χ4v) is 2.16. The number of thiocarbonyl (C=S) groups is 1. The molecule has 0 saturated heterocycles. The zero-order valence-electron chi connectivity index (χ0n) is 11.8. The first-order chi connectivity index (χ1) is 9.95. The van der Waals surface area contributed by atoms with Crippen molar-refractivity contribution in [2.75, 3.05) is 5.32 Å². The molecule has 5 heteroatoms. The average Bonchev–Trinajstić information content (AvgIpc) is 2.43. The van der Waals surface area contributed by atoms with Crippen molar-refractivity contribution < 1.29 is 8.78 Å². The summed E-state index contributed by atoms with van der Waals surface area (Å²) in [6.07, 6.45) is 0. The van der Waals surface area contributed by atoms with Gasteiger partial charge in [-0.2, -0.15) is 0 Å². The van der Waals surface area contributed by atoms with E-state index in [1.165, 1.54) is 18.2 Å². The smallest absolute Gasteiger partial charge is 0.171 e. The quantitative estimate of drug-likeness (QED) is 0.826. The highest BCUT2D eigenvalue weighted by Gasteiger charge is 2.08. The van der Waals surface area contributed by atoms with Crippen LogP contribution in [0.1, 0.15) is 24.1 Å². The van der Waals surface area contributed by atoms with E-state index < -0.39 is 0 Å². The van der Waals surface area contributed by atoms with Crippen LogP contribution in [0.5, 0.6) is 0 Å². The SMILES string of the molecule is Cc1ccc(NC(=S)N[C@@H](C)c2ccc(F)cc2)cc1F. The molecule has 110 valence electrons. The minimum Gasteiger partial charge on any atom is -0.356 e. The van der Waals surface area contributed by atoms with Gasteiger partial charge in [0, 0.05) is 5.69 Å². The molecule has 1 atom stereocenters. The molecule has 0 aliphatic carbocycles. The van der Waals surface area contributed by atoms with E-state index in [1.807, 2.05) is 6.92 Å². The fraction of sp³-hybridized carbons (Fsp3) is 0.188. The lowest BCUT2D eigenvalue weighted by Gasteiger charge is -2.17. The third-order valence-corrected chi connectivity index (χ3v) is 3.37. The molecule has 0 saturated carbocycles. The number of anilines is 1. The number of halogens is 2. The molecule has 0 radical (unpaired) electrons. The Morgan fingerprint density at radius 3 is 2.38 bits per heavy atom. The van der Waals surface area contributed by atoms with Crippen molar-refractivity contribution in [2.24, 2.45) is 0 Å². The second kappa shape index (κ2) is 6.63. The molecule has 0 aliphatic rings. The Morgan fingerprint density at radius 2 is 1.76 bits per heavy atom. The largest absolute Gasteiger partial charge is 0.356 e. The predicted molar refractivity (Wildman–Crippen MR) is 85.3 cm³/mol. The molecule has 0 spiro atoms.